The van der Waals surface area contributed by atoms with Crippen molar-refractivity contribution in [3.63, 3.8) is 0 Å². The molecule has 2 aliphatic rings. The Morgan fingerprint density at radius 3 is 2.22 bits per heavy atom. The quantitative estimate of drug-likeness (QED) is 0.300. The molecule has 50 heavy (non-hydrogen) atoms. The van der Waals surface area contributed by atoms with E-state index in [4.69, 9.17) is 9.47 Å². The number of fused-ring (bicyclic) bond motifs is 2. The number of alkyl carbamates (subject to hydrolysis) is 2. The van der Waals surface area contributed by atoms with E-state index < -0.39 is 53.2 Å². The monoisotopic (exact) mass is 685 g/mol. The van der Waals surface area contributed by atoms with Crippen LogP contribution in [0.3, 0.4) is 0 Å². The SMILES string of the molecule is CC(C)(C)OC(=O)NC(C(=O)N1CCC2C1[C@@H](C(=O)Nc1cccc3ccccc13)CN2C(=O)CNC(=O)OCc1ccccc1)C(C)(C)C. The van der Waals surface area contributed by atoms with E-state index in [9.17, 15) is 24.0 Å². The van der Waals surface area contributed by atoms with Crippen LogP contribution >= 0.6 is 0 Å². The maximum absolute atomic E-state index is 14.4. The second-order valence-corrected chi connectivity index (χ2v) is 14.9. The normalized spacial score (nSPS) is 19.4. The fourth-order valence-corrected chi connectivity index (χ4v) is 6.68. The van der Waals surface area contributed by atoms with Gasteiger partial charge in [0, 0.05) is 24.2 Å². The highest BCUT2D eigenvalue weighted by atomic mass is 16.6. The molecule has 0 saturated carbocycles. The first kappa shape index (κ1) is 36.2. The second kappa shape index (κ2) is 14.8. The fourth-order valence-electron chi connectivity index (χ4n) is 6.68. The second-order valence-electron chi connectivity index (χ2n) is 14.9. The highest BCUT2D eigenvalue weighted by molar-refractivity contribution is 6.03. The predicted octanol–water partition coefficient (Wildman–Crippen LogP) is 5.07. The Labute approximate surface area is 292 Å². The lowest BCUT2D eigenvalue weighted by Crippen LogP contribution is -2.58. The highest BCUT2D eigenvalue weighted by Gasteiger charge is 2.55. The summed E-state index contributed by atoms with van der Waals surface area (Å²) >= 11 is 0. The van der Waals surface area contributed by atoms with Crippen molar-refractivity contribution in [3.05, 3.63) is 78.4 Å². The number of carbonyl (C=O) groups is 5. The van der Waals surface area contributed by atoms with Crippen molar-refractivity contribution in [1.82, 2.24) is 20.4 Å². The van der Waals surface area contributed by atoms with Crippen molar-refractivity contribution < 1.29 is 33.4 Å². The summed E-state index contributed by atoms with van der Waals surface area (Å²) in [5.74, 6) is -1.89. The van der Waals surface area contributed by atoms with E-state index in [1.807, 2.05) is 93.6 Å². The fraction of sp³-hybridized carbons (Fsp3) is 0.447. The number of hydrogen-bond donors (Lipinski definition) is 3. The van der Waals surface area contributed by atoms with Crippen molar-refractivity contribution >= 4 is 46.4 Å². The lowest BCUT2D eigenvalue weighted by molar-refractivity contribution is -0.138. The minimum atomic E-state index is -0.969. The summed E-state index contributed by atoms with van der Waals surface area (Å²) in [5.41, 5.74) is -0.0487. The van der Waals surface area contributed by atoms with E-state index in [-0.39, 0.29) is 38.1 Å². The van der Waals surface area contributed by atoms with Crippen LogP contribution in [0.1, 0.15) is 53.5 Å². The molecule has 0 spiro atoms. The van der Waals surface area contributed by atoms with Gasteiger partial charge in [0.15, 0.2) is 0 Å². The lowest BCUT2D eigenvalue weighted by atomic mass is 9.85. The summed E-state index contributed by atoms with van der Waals surface area (Å²) in [6, 6.07) is 20.4. The van der Waals surface area contributed by atoms with E-state index in [0.717, 1.165) is 16.3 Å². The van der Waals surface area contributed by atoms with Gasteiger partial charge in [-0.25, -0.2) is 9.59 Å². The Hall–Kier alpha value is -5.13. The number of benzene rings is 3. The van der Waals surface area contributed by atoms with Crippen molar-refractivity contribution in [2.45, 2.75) is 78.3 Å². The van der Waals surface area contributed by atoms with Crippen molar-refractivity contribution in [3.8, 4) is 0 Å². The van der Waals surface area contributed by atoms with Crippen LogP contribution in [0.4, 0.5) is 15.3 Å². The molecular weight excluding hydrogens is 638 g/mol. The molecule has 5 amide bonds. The number of rotatable bonds is 8. The molecule has 3 aromatic rings. The third-order valence-electron chi connectivity index (χ3n) is 8.98. The molecule has 3 unspecified atom stereocenters. The maximum atomic E-state index is 14.4. The summed E-state index contributed by atoms with van der Waals surface area (Å²) in [7, 11) is 0. The van der Waals surface area contributed by atoms with Gasteiger partial charge in [0.2, 0.25) is 17.7 Å². The molecule has 2 aliphatic heterocycles. The molecule has 3 aromatic carbocycles. The Bertz CT molecular complexity index is 1730. The molecule has 5 rings (SSSR count). The van der Waals surface area contributed by atoms with Gasteiger partial charge in [-0.3, -0.25) is 14.4 Å². The molecule has 2 saturated heterocycles. The lowest BCUT2D eigenvalue weighted by Gasteiger charge is -2.37. The van der Waals surface area contributed by atoms with Gasteiger partial charge in [0.05, 0.1) is 18.0 Å². The van der Waals surface area contributed by atoms with Crippen LogP contribution in [0.2, 0.25) is 0 Å². The first-order chi connectivity index (χ1) is 23.6. The van der Waals surface area contributed by atoms with Crippen LogP contribution in [-0.2, 0) is 30.5 Å². The van der Waals surface area contributed by atoms with Crippen molar-refractivity contribution in [2.75, 3.05) is 25.0 Å². The van der Waals surface area contributed by atoms with Crippen LogP contribution in [0, 0.1) is 11.3 Å². The Morgan fingerprint density at radius 2 is 1.52 bits per heavy atom. The molecule has 0 aromatic heterocycles. The van der Waals surface area contributed by atoms with E-state index in [1.165, 1.54) is 0 Å². The molecule has 2 heterocycles. The summed E-state index contributed by atoms with van der Waals surface area (Å²) in [6.45, 7) is 10.8. The predicted molar refractivity (Wildman–Crippen MR) is 189 cm³/mol. The Morgan fingerprint density at radius 1 is 0.840 bits per heavy atom. The van der Waals surface area contributed by atoms with Crippen LogP contribution < -0.4 is 16.0 Å². The van der Waals surface area contributed by atoms with Gasteiger partial charge in [-0.1, -0.05) is 87.5 Å². The third kappa shape index (κ3) is 8.53. The summed E-state index contributed by atoms with van der Waals surface area (Å²) in [6.07, 6.45) is -1.05. The van der Waals surface area contributed by atoms with Gasteiger partial charge < -0.3 is 35.2 Å². The van der Waals surface area contributed by atoms with Crippen LogP contribution in [0.15, 0.2) is 72.8 Å². The average molecular weight is 686 g/mol. The molecular formula is C38H47N5O7. The zero-order valence-electron chi connectivity index (χ0n) is 29.5. The number of nitrogens with zero attached hydrogens (tertiary/aromatic N) is 2. The molecule has 2 fully saturated rings. The number of amides is 5. The van der Waals surface area contributed by atoms with Gasteiger partial charge >= 0.3 is 12.2 Å². The van der Waals surface area contributed by atoms with E-state index in [0.29, 0.717) is 12.1 Å². The summed E-state index contributed by atoms with van der Waals surface area (Å²) < 4.78 is 10.8. The van der Waals surface area contributed by atoms with Crippen LogP contribution in [0.25, 0.3) is 10.8 Å². The van der Waals surface area contributed by atoms with Crippen LogP contribution in [-0.4, -0.2) is 83.1 Å². The first-order valence-electron chi connectivity index (χ1n) is 16.9. The average Bonchev–Trinajstić information content (AvgIpc) is 3.65. The molecule has 3 N–H and O–H groups in total. The van der Waals surface area contributed by atoms with Crippen molar-refractivity contribution in [2.24, 2.45) is 11.3 Å². The molecule has 0 bridgehead atoms. The minimum absolute atomic E-state index is 0.0367. The number of ether oxygens (including phenoxy) is 2. The zero-order valence-corrected chi connectivity index (χ0v) is 29.5. The maximum Gasteiger partial charge on any atom is 0.408 e. The topological polar surface area (TPSA) is 146 Å². The van der Waals surface area contributed by atoms with E-state index >= 15 is 0 Å². The van der Waals surface area contributed by atoms with Gasteiger partial charge in [-0.05, 0) is 49.6 Å². The number of carbonyl (C=O) groups excluding carboxylic acids is 5. The Balaban J connectivity index is 1.37. The zero-order chi connectivity index (χ0) is 36.2. The van der Waals surface area contributed by atoms with Gasteiger partial charge in [0.1, 0.15) is 24.8 Å². The Kier molecular flexibility index (Phi) is 10.7. The summed E-state index contributed by atoms with van der Waals surface area (Å²) in [5, 5.41) is 10.2. The number of nitrogens with one attached hydrogen (secondary N) is 3. The van der Waals surface area contributed by atoms with Gasteiger partial charge in [-0.15, -0.1) is 0 Å². The minimum Gasteiger partial charge on any atom is -0.445 e. The molecule has 12 heteroatoms. The number of likely N-dealkylation sites (tertiary alicyclic amines) is 2. The highest BCUT2D eigenvalue weighted by Crippen LogP contribution is 2.38. The molecule has 0 aliphatic carbocycles. The van der Waals surface area contributed by atoms with Crippen LogP contribution in [0.5, 0.6) is 0 Å². The summed E-state index contributed by atoms with van der Waals surface area (Å²) in [4.78, 5) is 70.7. The van der Waals surface area contributed by atoms with Gasteiger partial charge in [-0.2, -0.15) is 0 Å². The van der Waals surface area contributed by atoms with Gasteiger partial charge in [0.25, 0.3) is 0 Å². The molecule has 0 radical (unpaired) electrons. The third-order valence-corrected chi connectivity index (χ3v) is 8.98. The smallest absolute Gasteiger partial charge is 0.408 e. The first-order valence-corrected chi connectivity index (χ1v) is 16.9. The van der Waals surface area contributed by atoms with Crippen molar-refractivity contribution in [1.29, 1.82) is 0 Å². The standard InChI is InChI=1S/C38H47N5O7/c1-37(2,3)32(41-36(48)50-38(4,5)6)34(46)42-20-19-29-31(42)27(33(45)40-28-18-12-16-25-15-10-11-17-26(25)28)22-43(29)30(44)21-39-35(47)49-23-24-13-8-7-9-14-24/h7-18,27,29,31-32H,19-23H2,1-6H3,(H,39,47)(H,40,45)(H,41,48)/t27-,29?,31?,32?/m0/s1. The van der Waals surface area contributed by atoms with E-state index in [1.54, 1.807) is 30.6 Å². The molecule has 4 atom stereocenters. The largest absolute Gasteiger partial charge is 0.445 e. The number of hydrogen-bond acceptors (Lipinski definition) is 7. The molecule has 12 nitrogen and oxygen atoms in total. The number of anilines is 1. The van der Waals surface area contributed by atoms with E-state index in [2.05, 4.69) is 16.0 Å². The molecule has 266 valence electrons.